The van der Waals surface area contributed by atoms with Crippen LogP contribution in [0.4, 0.5) is 10.5 Å². The summed E-state index contributed by atoms with van der Waals surface area (Å²) in [7, 11) is 0. The van der Waals surface area contributed by atoms with Gasteiger partial charge < -0.3 is 15.0 Å². The van der Waals surface area contributed by atoms with Gasteiger partial charge in [0.1, 0.15) is 11.4 Å². The first kappa shape index (κ1) is 14.7. The molecule has 1 fully saturated rings. The van der Waals surface area contributed by atoms with Crippen LogP contribution in [-0.2, 0) is 0 Å². The van der Waals surface area contributed by atoms with Gasteiger partial charge in [-0.05, 0) is 45.2 Å². The molecule has 1 N–H and O–H groups in total. The van der Waals surface area contributed by atoms with Gasteiger partial charge in [0.15, 0.2) is 0 Å². The molecule has 2 amide bonds. The summed E-state index contributed by atoms with van der Waals surface area (Å²) in [6.45, 7) is 9.81. The van der Waals surface area contributed by atoms with Crippen LogP contribution in [0.5, 0.6) is 5.75 Å². The highest BCUT2D eigenvalue weighted by Crippen LogP contribution is 2.28. The normalized spacial score (nSPS) is 19.0. The second-order valence-corrected chi connectivity index (χ2v) is 6.48. The molecule has 0 saturated carbocycles. The Labute approximate surface area is 121 Å². The summed E-state index contributed by atoms with van der Waals surface area (Å²) in [4.78, 5) is 14.1. The Morgan fingerprint density at radius 2 is 2.05 bits per heavy atom. The number of hydrogen-bond acceptors (Lipinski definition) is 2. The van der Waals surface area contributed by atoms with Crippen molar-refractivity contribution in [2.75, 3.05) is 18.4 Å². The van der Waals surface area contributed by atoms with Crippen molar-refractivity contribution in [2.24, 2.45) is 5.92 Å². The Morgan fingerprint density at radius 1 is 1.35 bits per heavy atom. The monoisotopic (exact) mass is 276 g/mol. The molecule has 1 unspecified atom stereocenters. The molecule has 4 nitrogen and oxygen atoms in total. The van der Waals surface area contributed by atoms with Gasteiger partial charge in [-0.1, -0.05) is 19.1 Å². The number of nitrogens with one attached hydrogen (secondary N) is 1. The number of carbonyl (C=O) groups is 1. The summed E-state index contributed by atoms with van der Waals surface area (Å²) < 4.78 is 5.88. The van der Waals surface area contributed by atoms with Crippen LogP contribution in [0.15, 0.2) is 24.3 Å². The molecule has 1 saturated heterocycles. The van der Waals surface area contributed by atoms with Crippen molar-refractivity contribution in [3.63, 3.8) is 0 Å². The van der Waals surface area contributed by atoms with Crippen molar-refractivity contribution in [2.45, 2.75) is 39.7 Å². The maximum atomic E-state index is 12.2. The molecule has 1 heterocycles. The van der Waals surface area contributed by atoms with Gasteiger partial charge in [0.2, 0.25) is 0 Å². The van der Waals surface area contributed by atoms with Crippen LogP contribution in [-0.4, -0.2) is 29.6 Å². The highest BCUT2D eigenvalue weighted by atomic mass is 16.5. The first-order chi connectivity index (χ1) is 9.35. The van der Waals surface area contributed by atoms with E-state index in [9.17, 15) is 4.79 Å². The van der Waals surface area contributed by atoms with Crippen LogP contribution >= 0.6 is 0 Å². The summed E-state index contributed by atoms with van der Waals surface area (Å²) in [5.41, 5.74) is 0.440. The Morgan fingerprint density at radius 3 is 2.65 bits per heavy atom. The fourth-order valence-electron chi connectivity index (χ4n) is 2.30. The van der Waals surface area contributed by atoms with Gasteiger partial charge in [-0.15, -0.1) is 0 Å². The minimum absolute atomic E-state index is 0.0423. The maximum absolute atomic E-state index is 12.2. The number of para-hydroxylation sites is 2. The molecular weight excluding hydrogens is 252 g/mol. The molecule has 2 rings (SSSR count). The van der Waals surface area contributed by atoms with E-state index in [1.165, 1.54) is 0 Å². The van der Waals surface area contributed by atoms with Gasteiger partial charge in [-0.25, -0.2) is 4.79 Å². The Kier molecular flexibility index (Phi) is 4.21. The van der Waals surface area contributed by atoms with E-state index < -0.39 is 0 Å². The van der Waals surface area contributed by atoms with Crippen LogP contribution in [0, 0.1) is 5.92 Å². The zero-order valence-electron chi connectivity index (χ0n) is 12.8. The van der Waals surface area contributed by atoms with Crippen LogP contribution in [0.3, 0.4) is 0 Å². The fourth-order valence-corrected chi connectivity index (χ4v) is 2.30. The van der Waals surface area contributed by atoms with Crippen molar-refractivity contribution >= 4 is 11.7 Å². The number of hydrogen-bond donors (Lipinski definition) is 1. The lowest BCUT2D eigenvalue weighted by Gasteiger charge is -2.24. The van der Waals surface area contributed by atoms with E-state index in [1.54, 1.807) is 0 Å². The van der Waals surface area contributed by atoms with Gasteiger partial charge in [0, 0.05) is 13.1 Å². The van der Waals surface area contributed by atoms with Gasteiger partial charge in [-0.2, -0.15) is 0 Å². The van der Waals surface area contributed by atoms with Crippen molar-refractivity contribution in [3.05, 3.63) is 24.3 Å². The van der Waals surface area contributed by atoms with E-state index in [0.717, 1.165) is 25.2 Å². The summed E-state index contributed by atoms with van der Waals surface area (Å²) in [5.74, 6) is 1.29. The predicted octanol–water partition coefficient (Wildman–Crippen LogP) is 3.74. The molecule has 0 aromatic heterocycles. The highest BCUT2D eigenvalue weighted by Gasteiger charge is 2.24. The number of benzene rings is 1. The second kappa shape index (κ2) is 5.73. The van der Waals surface area contributed by atoms with Crippen LogP contribution in [0.25, 0.3) is 0 Å². The highest BCUT2D eigenvalue weighted by molar-refractivity contribution is 5.91. The average molecular weight is 276 g/mol. The second-order valence-electron chi connectivity index (χ2n) is 6.48. The molecule has 20 heavy (non-hydrogen) atoms. The molecule has 0 spiro atoms. The van der Waals surface area contributed by atoms with E-state index in [1.807, 2.05) is 49.9 Å². The number of carbonyl (C=O) groups excluding carboxylic acids is 1. The molecule has 0 aliphatic carbocycles. The Bertz CT molecular complexity index is 480. The third-order valence-electron chi connectivity index (χ3n) is 3.26. The standard InChI is InChI=1S/C16H24N2O2/c1-12-9-10-18(11-12)15(19)17-13-7-5-6-8-14(13)20-16(2,3)4/h5-8,12H,9-11H2,1-4H3,(H,17,19). The van der Waals surface area contributed by atoms with Crippen molar-refractivity contribution in [1.29, 1.82) is 0 Å². The van der Waals surface area contributed by atoms with Crippen molar-refractivity contribution < 1.29 is 9.53 Å². The van der Waals surface area contributed by atoms with E-state index in [2.05, 4.69) is 12.2 Å². The lowest BCUT2D eigenvalue weighted by molar-refractivity contribution is 0.132. The third-order valence-corrected chi connectivity index (χ3v) is 3.26. The van der Waals surface area contributed by atoms with Gasteiger partial charge in [-0.3, -0.25) is 0 Å². The minimum atomic E-state index is -0.289. The fraction of sp³-hybridized carbons (Fsp3) is 0.562. The third kappa shape index (κ3) is 3.89. The lowest BCUT2D eigenvalue weighted by atomic mass is 10.2. The van der Waals surface area contributed by atoms with E-state index >= 15 is 0 Å². The SMILES string of the molecule is CC1CCN(C(=O)Nc2ccccc2OC(C)(C)C)C1. The van der Waals surface area contributed by atoms with Crippen molar-refractivity contribution in [3.8, 4) is 5.75 Å². The van der Waals surface area contributed by atoms with Crippen LogP contribution < -0.4 is 10.1 Å². The molecular formula is C16H24N2O2. The molecule has 1 aromatic carbocycles. The quantitative estimate of drug-likeness (QED) is 0.894. The van der Waals surface area contributed by atoms with E-state index in [0.29, 0.717) is 11.7 Å². The van der Waals surface area contributed by atoms with Crippen LogP contribution in [0.2, 0.25) is 0 Å². The summed E-state index contributed by atoms with van der Waals surface area (Å²) >= 11 is 0. The van der Waals surface area contributed by atoms with Gasteiger partial charge in [0.05, 0.1) is 5.69 Å². The van der Waals surface area contributed by atoms with Crippen molar-refractivity contribution in [1.82, 2.24) is 4.90 Å². The molecule has 110 valence electrons. The maximum Gasteiger partial charge on any atom is 0.321 e. The topological polar surface area (TPSA) is 41.6 Å². The number of nitrogens with zero attached hydrogens (tertiary/aromatic N) is 1. The minimum Gasteiger partial charge on any atom is -0.486 e. The number of ether oxygens (including phenoxy) is 1. The Balaban J connectivity index is 2.07. The lowest BCUT2D eigenvalue weighted by Crippen LogP contribution is -2.33. The molecule has 0 radical (unpaired) electrons. The number of urea groups is 1. The molecule has 1 atom stereocenters. The van der Waals surface area contributed by atoms with E-state index in [-0.39, 0.29) is 11.6 Å². The number of likely N-dealkylation sites (tertiary alicyclic amines) is 1. The summed E-state index contributed by atoms with van der Waals surface area (Å²) in [6, 6.07) is 7.53. The van der Waals surface area contributed by atoms with E-state index in [4.69, 9.17) is 4.74 Å². The first-order valence-corrected chi connectivity index (χ1v) is 7.19. The predicted molar refractivity (Wildman–Crippen MR) is 81.2 cm³/mol. The molecule has 1 aliphatic rings. The number of anilines is 1. The summed E-state index contributed by atoms with van der Waals surface area (Å²) in [6.07, 6.45) is 1.08. The zero-order valence-corrected chi connectivity index (χ0v) is 12.8. The van der Waals surface area contributed by atoms with Gasteiger partial charge >= 0.3 is 6.03 Å². The van der Waals surface area contributed by atoms with Gasteiger partial charge in [0.25, 0.3) is 0 Å². The number of rotatable bonds is 2. The summed E-state index contributed by atoms with van der Waals surface area (Å²) in [5, 5.41) is 2.96. The molecule has 1 aromatic rings. The first-order valence-electron chi connectivity index (χ1n) is 7.19. The average Bonchev–Trinajstić information content (AvgIpc) is 2.77. The van der Waals surface area contributed by atoms with Crippen LogP contribution in [0.1, 0.15) is 34.1 Å². The molecule has 0 bridgehead atoms. The Hall–Kier alpha value is -1.71. The largest absolute Gasteiger partial charge is 0.486 e. The smallest absolute Gasteiger partial charge is 0.321 e. The zero-order chi connectivity index (χ0) is 14.8. The molecule has 1 aliphatic heterocycles. The number of amides is 2. The molecule has 4 heteroatoms.